The van der Waals surface area contributed by atoms with Gasteiger partial charge in [-0.25, -0.2) is 9.78 Å². The maximum atomic E-state index is 12.8. The Bertz CT molecular complexity index is 779. The molecule has 0 radical (unpaired) electrons. The average Bonchev–Trinajstić information content (AvgIpc) is 3.05. The first-order valence-corrected chi connectivity index (χ1v) is 10.2. The fraction of sp³-hybridized carbons (Fsp3) is 0.450. The van der Waals surface area contributed by atoms with Crippen LogP contribution in [0.3, 0.4) is 0 Å². The monoisotopic (exact) mass is 389 g/mol. The summed E-state index contributed by atoms with van der Waals surface area (Å²) in [4.78, 5) is 31.5. The number of para-hydroxylation sites is 1. The molecule has 1 aromatic carbocycles. The molecule has 0 aliphatic heterocycles. The molecule has 1 heterocycles. The van der Waals surface area contributed by atoms with Crippen molar-refractivity contribution in [1.29, 1.82) is 0 Å². The van der Waals surface area contributed by atoms with Crippen molar-refractivity contribution >= 4 is 23.6 Å². The van der Waals surface area contributed by atoms with Gasteiger partial charge in [-0.05, 0) is 53.0 Å². The Labute approximate surface area is 164 Å². The number of esters is 1. The van der Waals surface area contributed by atoms with E-state index in [0.717, 1.165) is 5.69 Å². The topological polar surface area (TPSA) is 64.4 Å². The SMILES string of the molecule is CSc1ncc(C(=O)O[C@H](C)C(=O)N(C(C)C)C(C)C)n1-c1ccccc1. The summed E-state index contributed by atoms with van der Waals surface area (Å²) >= 11 is 1.44. The number of carbonyl (C=O) groups is 2. The smallest absolute Gasteiger partial charge is 0.357 e. The van der Waals surface area contributed by atoms with Crippen LogP contribution in [0, 0.1) is 0 Å². The van der Waals surface area contributed by atoms with E-state index in [1.807, 2.05) is 64.3 Å². The number of ether oxygens (including phenoxy) is 1. The zero-order valence-corrected chi connectivity index (χ0v) is 17.5. The summed E-state index contributed by atoms with van der Waals surface area (Å²) in [6.07, 6.45) is 2.51. The summed E-state index contributed by atoms with van der Waals surface area (Å²) in [5.41, 5.74) is 1.11. The van der Waals surface area contributed by atoms with E-state index in [2.05, 4.69) is 4.98 Å². The van der Waals surface area contributed by atoms with E-state index in [9.17, 15) is 9.59 Å². The molecular formula is C20H27N3O3S. The Morgan fingerprint density at radius 1 is 1.07 bits per heavy atom. The average molecular weight is 390 g/mol. The Kier molecular flexibility index (Phi) is 7.07. The van der Waals surface area contributed by atoms with Gasteiger partial charge in [-0.1, -0.05) is 30.0 Å². The number of amides is 1. The highest BCUT2D eigenvalue weighted by Gasteiger charge is 2.29. The van der Waals surface area contributed by atoms with E-state index < -0.39 is 12.1 Å². The predicted molar refractivity (Wildman–Crippen MR) is 107 cm³/mol. The Hall–Kier alpha value is -2.28. The van der Waals surface area contributed by atoms with Gasteiger partial charge in [0, 0.05) is 17.8 Å². The van der Waals surface area contributed by atoms with Crippen LogP contribution in [0.1, 0.15) is 45.1 Å². The van der Waals surface area contributed by atoms with Gasteiger partial charge in [0.1, 0.15) is 0 Å². The molecule has 146 valence electrons. The molecule has 1 atom stereocenters. The lowest BCUT2D eigenvalue weighted by Gasteiger charge is -2.32. The van der Waals surface area contributed by atoms with Gasteiger partial charge < -0.3 is 9.64 Å². The zero-order chi connectivity index (χ0) is 20.1. The summed E-state index contributed by atoms with van der Waals surface area (Å²) < 4.78 is 7.24. The molecule has 7 heteroatoms. The summed E-state index contributed by atoms with van der Waals surface area (Å²) in [5.74, 6) is -0.774. The molecule has 6 nitrogen and oxygen atoms in total. The van der Waals surface area contributed by atoms with Gasteiger partial charge in [-0.15, -0.1) is 0 Å². The van der Waals surface area contributed by atoms with E-state index in [0.29, 0.717) is 10.9 Å². The number of hydrogen-bond donors (Lipinski definition) is 0. The number of rotatable bonds is 7. The third-order valence-electron chi connectivity index (χ3n) is 4.13. The van der Waals surface area contributed by atoms with Crippen LogP contribution in [-0.4, -0.2) is 50.8 Å². The van der Waals surface area contributed by atoms with Crippen molar-refractivity contribution in [2.45, 2.75) is 58.0 Å². The highest BCUT2D eigenvalue weighted by molar-refractivity contribution is 7.98. The highest BCUT2D eigenvalue weighted by atomic mass is 32.2. The maximum Gasteiger partial charge on any atom is 0.357 e. The fourth-order valence-electron chi connectivity index (χ4n) is 3.04. The van der Waals surface area contributed by atoms with E-state index in [4.69, 9.17) is 4.74 Å². The van der Waals surface area contributed by atoms with Crippen LogP contribution in [0.4, 0.5) is 0 Å². The number of hydrogen-bond acceptors (Lipinski definition) is 5. The van der Waals surface area contributed by atoms with Gasteiger partial charge in [-0.2, -0.15) is 0 Å². The largest absolute Gasteiger partial charge is 0.448 e. The minimum atomic E-state index is -0.876. The second-order valence-corrected chi connectivity index (χ2v) is 7.56. The fourth-order valence-corrected chi connectivity index (χ4v) is 3.58. The van der Waals surface area contributed by atoms with E-state index in [1.165, 1.54) is 18.0 Å². The van der Waals surface area contributed by atoms with Gasteiger partial charge in [0.2, 0.25) is 0 Å². The third kappa shape index (κ3) is 4.71. The van der Waals surface area contributed by atoms with Crippen LogP contribution in [0.2, 0.25) is 0 Å². The lowest BCUT2D eigenvalue weighted by molar-refractivity contribution is -0.143. The van der Waals surface area contributed by atoms with Gasteiger partial charge in [-0.3, -0.25) is 9.36 Å². The summed E-state index contributed by atoms with van der Waals surface area (Å²) in [6.45, 7) is 9.39. The molecule has 0 bridgehead atoms. The number of aromatic nitrogens is 2. The molecule has 2 rings (SSSR count). The molecule has 0 saturated heterocycles. The van der Waals surface area contributed by atoms with Crippen molar-refractivity contribution in [1.82, 2.24) is 14.5 Å². The number of imidazole rings is 1. The third-order valence-corrected chi connectivity index (χ3v) is 4.79. The van der Waals surface area contributed by atoms with Crippen molar-refractivity contribution in [2.24, 2.45) is 0 Å². The highest BCUT2D eigenvalue weighted by Crippen LogP contribution is 2.22. The Morgan fingerprint density at radius 3 is 2.19 bits per heavy atom. The van der Waals surface area contributed by atoms with E-state index >= 15 is 0 Å². The summed E-state index contributed by atoms with van der Waals surface area (Å²) in [6, 6.07) is 9.53. The minimum absolute atomic E-state index is 0.0246. The summed E-state index contributed by atoms with van der Waals surface area (Å²) in [7, 11) is 0. The lowest BCUT2D eigenvalue weighted by Crippen LogP contribution is -2.47. The first kappa shape index (κ1) is 21.0. The quantitative estimate of drug-likeness (QED) is 0.533. The van der Waals surface area contributed by atoms with Crippen molar-refractivity contribution in [2.75, 3.05) is 6.26 Å². The van der Waals surface area contributed by atoms with Gasteiger partial charge in [0.05, 0.1) is 6.20 Å². The second-order valence-electron chi connectivity index (χ2n) is 6.78. The molecule has 1 amide bonds. The standard InChI is InChI=1S/C20H27N3O3S/c1-13(2)22(14(3)4)18(24)15(5)26-19(25)17-12-21-20(27-6)23(17)16-10-8-7-9-11-16/h7-15H,1-6H3/t15-/m1/s1. The molecule has 0 spiro atoms. The maximum absolute atomic E-state index is 12.8. The van der Waals surface area contributed by atoms with Crippen molar-refractivity contribution in [3.05, 3.63) is 42.2 Å². The predicted octanol–water partition coefficient (Wildman–Crippen LogP) is 3.78. The molecule has 0 N–H and O–H groups in total. The van der Waals surface area contributed by atoms with Crippen LogP contribution in [0.5, 0.6) is 0 Å². The second kappa shape index (κ2) is 9.08. The van der Waals surface area contributed by atoms with E-state index in [-0.39, 0.29) is 18.0 Å². The minimum Gasteiger partial charge on any atom is -0.448 e. The Balaban J connectivity index is 2.26. The number of benzene rings is 1. The van der Waals surface area contributed by atoms with Crippen molar-refractivity contribution < 1.29 is 14.3 Å². The first-order chi connectivity index (χ1) is 12.8. The van der Waals surface area contributed by atoms with Crippen molar-refractivity contribution in [3.8, 4) is 5.69 Å². The van der Waals surface area contributed by atoms with Gasteiger partial charge in [0.15, 0.2) is 17.0 Å². The van der Waals surface area contributed by atoms with Crippen LogP contribution in [-0.2, 0) is 9.53 Å². The molecule has 27 heavy (non-hydrogen) atoms. The molecule has 0 fully saturated rings. The molecular weight excluding hydrogens is 362 g/mol. The lowest BCUT2D eigenvalue weighted by atomic mass is 10.2. The molecule has 0 aliphatic rings. The zero-order valence-electron chi connectivity index (χ0n) is 16.7. The molecule has 2 aromatic rings. The summed E-state index contributed by atoms with van der Waals surface area (Å²) in [5, 5.41) is 0.679. The molecule has 1 aromatic heterocycles. The van der Waals surface area contributed by atoms with Gasteiger partial charge >= 0.3 is 5.97 Å². The van der Waals surface area contributed by atoms with Crippen LogP contribution in [0.15, 0.2) is 41.7 Å². The number of nitrogens with zero attached hydrogens (tertiary/aromatic N) is 3. The van der Waals surface area contributed by atoms with Crippen LogP contribution in [0.25, 0.3) is 5.69 Å². The van der Waals surface area contributed by atoms with Crippen LogP contribution >= 0.6 is 11.8 Å². The number of carbonyl (C=O) groups excluding carboxylic acids is 2. The normalized spacial score (nSPS) is 12.3. The molecule has 0 aliphatic carbocycles. The van der Waals surface area contributed by atoms with Gasteiger partial charge in [0.25, 0.3) is 5.91 Å². The van der Waals surface area contributed by atoms with Crippen LogP contribution < -0.4 is 0 Å². The number of thioether (sulfide) groups is 1. The first-order valence-electron chi connectivity index (χ1n) is 8.98. The van der Waals surface area contributed by atoms with E-state index in [1.54, 1.807) is 16.4 Å². The molecule has 0 unspecified atom stereocenters. The van der Waals surface area contributed by atoms with Crippen molar-refractivity contribution in [3.63, 3.8) is 0 Å². The Morgan fingerprint density at radius 2 is 1.67 bits per heavy atom. The molecule has 0 saturated carbocycles.